The first kappa shape index (κ1) is 29.3. The van der Waals surface area contributed by atoms with Crippen molar-refractivity contribution in [3.8, 4) is 17.0 Å². The number of para-hydroxylation sites is 1. The Labute approximate surface area is 246 Å². The van der Waals surface area contributed by atoms with Crippen LogP contribution in [0.3, 0.4) is 0 Å². The molecule has 0 saturated carbocycles. The monoisotopic (exact) mass is 570 g/mol. The summed E-state index contributed by atoms with van der Waals surface area (Å²) in [6.07, 6.45) is 1.76. The fraction of sp³-hybridized carbons (Fsp3) is 0.364. The standard InChI is InChI=1S/C33H38N4O5/c1-21-7-5-8-26(28-9-6-10-29(35-28)36-31(40-4)27(15-34)32(38)39)30(21)42-17-24-12-11-23-16-37(14-13-25(23)22(24)2)18-33(3)19-41-20-33/h5-12,15,34H,13-14,16-20H2,1-4H3,(H,35,36)(H,38,39)/b31-27-,34-15?. The number of rotatable bonds is 11. The van der Waals surface area contributed by atoms with Gasteiger partial charge in [0.15, 0.2) is 0 Å². The second-order valence-electron chi connectivity index (χ2n) is 11.4. The van der Waals surface area contributed by atoms with Crippen LogP contribution in [0.5, 0.6) is 5.75 Å². The number of aryl methyl sites for hydroxylation is 1. The van der Waals surface area contributed by atoms with Crippen LogP contribution in [-0.2, 0) is 33.8 Å². The fourth-order valence-corrected chi connectivity index (χ4v) is 5.74. The number of nitrogens with zero attached hydrogens (tertiary/aromatic N) is 2. The predicted molar refractivity (Wildman–Crippen MR) is 162 cm³/mol. The van der Waals surface area contributed by atoms with Gasteiger partial charge in [-0.2, -0.15) is 0 Å². The van der Waals surface area contributed by atoms with E-state index in [2.05, 4.69) is 36.2 Å². The van der Waals surface area contributed by atoms with Crippen LogP contribution in [-0.4, -0.2) is 60.6 Å². The number of methoxy groups -OCH3 is 1. The molecule has 1 fully saturated rings. The minimum Gasteiger partial charge on any atom is -0.488 e. The molecule has 0 bridgehead atoms. The second-order valence-corrected chi connectivity index (χ2v) is 11.4. The quantitative estimate of drug-likeness (QED) is 0.161. The molecule has 9 nitrogen and oxygen atoms in total. The average molecular weight is 571 g/mol. The first-order chi connectivity index (χ1) is 20.2. The maximum Gasteiger partial charge on any atom is 0.342 e. The van der Waals surface area contributed by atoms with Crippen molar-refractivity contribution in [3.63, 3.8) is 0 Å². The highest BCUT2D eigenvalue weighted by atomic mass is 16.5. The summed E-state index contributed by atoms with van der Waals surface area (Å²) < 4.78 is 17.1. The van der Waals surface area contributed by atoms with Crippen LogP contribution < -0.4 is 10.1 Å². The van der Waals surface area contributed by atoms with Gasteiger partial charge < -0.3 is 30.0 Å². The topological polar surface area (TPSA) is 117 Å². The Bertz CT molecular complexity index is 1530. The van der Waals surface area contributed by atoms with Gasteiger partial charge in [-0.25, -0.2) is 9.78 Å². The van der Waals surface area contributed by atoms with E-state index in [9.17, 15) is 9.90 Å². The van der Waals surface area contributed by atoms with Crippen LogP contribution in [0.1, 0.15) is 34.7 Å². The molecule has 0 amide bonds. The Kier molecular flexibility index (Phi) is 8.61. The van der Waals surface area contributed by atoms with Crippen molar-refractivity contribution in [1.29, 1.82) is 5.41 Å². The Morgan fingerprint density at radius 2 is 1.98 bits per heavy atom. The molecule has 0 atom stereocenters. The van der Waals surface area contributed by atoms with Gasteiger partial charge in [0, 0.05) is 36.8 Å². The minimum absolute atomic E-state index is 0.0693. The summed E-state index contributed by atoms with van der Waals surface area (Å²) in [6.45, 7) is 11.8. The fourth-order valence-electron chi connectivity index (χ4n) is 5.74. The molecule has 0 radical (unpaired) electrons. The summed E-state index contributed by atoms with van der Waals surface area (Å²) >= 11 is 0. The van der Waals surface area contributed by atoms with Gasteiger partial charge in [0.2, 0.25) is 5.88 Å². The summed E-state index contributed by atoms with van der Waals surface area (Å²) in [5.74, 6) is -0.210. The van der Waals surface area contributed by atoms with E-state index in [1.165, 1.54) is 29.4 Å². The van der Waals surface area contributed by atoms with Gasteiger partial charge in [-0.3, -0.25) is 4.90 Å². The number of nitrogens with one attached hydrogen (secondary N) is 2. The lowest BCUT2D eigenvalue weighted by Crippen LogP contribution is -2.49. The Balaban J connectivity index is 1.34. The van der Waals surface area contributed by atoms with Gasteiger partial charge in [0.25, 0.3) is 0 Å². The smallest absolute Gasteiger partial charge is 0.342 e. The van der Waals surface area contributed by atoms with Crippen LogP contribution >= 0.6 is 0 Å². The van der Waals surface area contributed by atoms with Crippen molar-refractivity contribution >= 4 is 18.0 Å². The van der Waals surface area contributed by atoms with Gasteiger partial charge in [0.1, 0.15) is 23.7 Å². The zero-order chi connectivity index (χ0) is 29.9. The molecular weight excluding hydrogens is 532 g/mol. The van der Waals surface area contributed by atoms with E-state index in [1.54, 1.807) is 6.07 Å². The van der Waals surface area contributed by atoms with Crippen molar-refractivity contribution in [3.05, 3.63) is 87.8 Å². The lowest BCUT2D eigenvalue weighted by atomic mass is 9.86. The van der Waals surface area contributed by atoms with E-state index >= 15 is 0 Å². The normalized spacial score (nSPS) is 16.5. The number of carbonyl (C=O) groups is 1. The van der Waals surface area contributed by atoms with Gasteiger partial charge in [-0.1, -0.05) is 37.3 Å². The molecule has 2 aromatic carbocycles. The van der Waals surface area contributed by atoms with Crippen LogP contribution in [0.15, 0.2) is 60.0 Å². The average Bonchev–Trinajstić information content (AvgIpc) is 2.96. The predicted octanol–water partition coefficient (Wildman–Crippen LogP) is 5.34. The summed E-state index contributed by atoms with van der Waals surface area (Å²) in [6, 6.07) is 15.8. The Hall–Kier alpha value is -4.21. The number of benzene rings is 2. The van der Waals surface area contributed by atoms with Gasteiger partial charge >= 0.3 is 5.97 Å². The lowest BCUT2D eigenvalue weighted by molar-refractivity contribution is -0.132. The number of fused-ring (bicyclic) bond motifs is 1. The van der Waals surface area contributed by atoms with Gasteiger partial charge in [-0.15, -0.1) is 0 Å². The number of carboxylic acid groups (broad SMARTS) is 1. The summed E-state index contributed by atoms with van der Waals surface area (Å²) in [5, 5.41) is 19.7. The van der Waals surface area contributed by atoms with E-state index < -0.39 is 5.97 Å². The number of carboxylic acids is 1. The van der Waals surface area contributed by atoms with Gasteiger partial charge in [0.05, 0.1) is 26.0 Å². The number of hydrogen-bond donors (Lipinski definition) is 3. The van der Waals surface area contributed by atoms with Crippen LogP contribution in [0.2, 0.25) is 0 Å². The molecule has 0 spiro atoms. The molecule has 3 aromatic rings. The zero-order valence-electron chi connectivity index (χ0n) is 24.6. The molecule has 42 heavy (non-hydrogen) atoms. The van der Waals surface area contributed by atoms with E-state index in [-0.39, 0.29) is 16.9 Å². The molecule has 3 heterocycles. The maximum atomic E-state index is 11.5. The number of hydrogen-bond acceptors (Lipinski definition) is 8. The molecule has 1 aromatic heterocycles. The van der Waals surface area contributed by atoms with Crippen LogP contribution in [0.4, 0.5) is 5.82 Å². The molecule has 2 aliphatic rings. The number of aliphatic carboxylic acids is 1. The number of aromatic nitrogens is 1. The van der Waals surface area contributed by atoms with Crippen LogP contribution in [0, 0.1) is 24.7 Å². The first-order valence-corrected chi connectivity index (χ1v) is 14.1. The van der Waals surface area contributed by atoms with Crippen molar-refractivity contribution in [1.82, 2.24) is 9.88 Å². The van der Waals surface area contributed by atoms with E-state index in [0.717, 1.165) is 62.4 Å². The SMILES string of the molecule is CO/C(Nc1cccc(-c2cccc(C)c2OCc2ccc3c(c2C)CCN(CC2(C)COC2)C3)n1)=C(/C=N)C(=O)O. The zero-order valence-corrected chi connectivity index (χ0v) is 24.6. The number of ether oxygens (including phenoxy) is 3. The van der Waals surface area contributed by atoms with E-state index in [1.807, 2.05) is 37.3 Å². The Morgan fingerprint density at radius 3 is 2.67 bits per heavy atom. The minimum atomic E-state index is -1.27. The third-order valence-electron chi connectivity index (χ3n) is 8.06. The van der Waals surface area contributed by atoms with Gasteiger partial charge in [-0.05, 0) is 66.3 Å². The van der Waals surface area contributed by atoms with Crippen molar-refractivity contribution in [2.24, 2.45) is 5.41 Å². The van der Waals surface area contributed by atoms with Crippen molar-refractivity contribution < 1.29 is 24.1 Å². The first-order valence-electron chi connectivity index (χ1n) is 14.1. The highest BCUT2D eigenvalue weighted by molar-refractivity contribution is 6.08. The Morgan fingerprint density at radius 1 is 1.19 bits per heavy atom. The summed E-state index contributed by atoms with van der Waals surface area (Å²) in [4.78, 5) is 18.7. The van der Waals surface area contributed by atoms with E-state index in [0.29, 0.717) is 18.1 Å². The molecule has 5 rings (SSSR count). The third-order valence-corrected chi connectivity index (χ3v) is 8.06. The number of pyridine rings is 1. The molecule has 220 valence electrons. The van der Waals surface area contributed by atoms with Crippen molar-refractivity contribution in [2.75, 3.05) is 38.7 Å². The number of anilines is 1. The van der Waals surface area contributed by atoms with E-state index in [4.69, 9.17) is 24.6 Å². The highest BCUT2D eigenvalue weighted by Crippen LogP contribution is 2.35. The van der Waals surface area contributed by atoms with Crippen LogP contribution in [0.25, 0.3) is 11.3 Å². The molecule has 3 N–H and O–H groups in total. The highest BCUT2D eigenvalue weighted by Gasteiger charge is 2.36. The molecule has 2 aliphatic heterocycles. The largest absolute Gasteiger partial charge is 0.488 e. The molecule has 0 unspecified atom stereocenters. The second kappa shape index (κ2) is 12.3. The summed E-state index contributed by atoms with van der Waals surface area (Å²) in [7, 11) is 1.34. The maximum absolute atomic E-state index is 11.5. The molecule has 0 aliphatic carbocycles. The molecule has 1 saturated heterocycles. The summed E-state index contributed by atoms with van der Waals surface area (Å²) in [5.41, 5.74) is 7.74. The third kappa shape index (κ3) is 6.17. The molecular formula is C33H38N4O5. The lowest BCUT2D eigenvalue weighted by Gasteiger charge is -2.43. The van der Waals surface area contributed by atoms with Crippen molar-refractivity contribution in [2.45, 2.75) is 40.3 Å². The molecule has 9 heteroatoms.